The van der Waals surface area contributed by atoms with Crippen molar-refractivity contribution >= 4 is 0 Å². The van der Waals surface area contributed by atoms with E-state index in [2.05, 4.69) is 23.3 Å². The number of aromatic nitrogens is 1. The van der Waals surface area contributed by atoms with E-state index in [1.54, 1.807) is 0 Å². The summed E-state index contributed by atoms with van der Waals surface area (Å²) in [7, 11) is 0. The van der Waals surface area contributed by atoms with Crippen LogP contribution in [0.4, 0.5) is 0 Å². The van der Waals surface area contributed by atoms with Crippen molar-refractivity contribution in [1.82, 2.24) is 10.3 Å². The summed E-state index contributed by atoms with van der Waals surface area (Å²) < 4.78 is 0. The summed E-state index contributed by atoms with van der Waals surface area (Å²) in [4.78, 5) is 4.31. The van der Waals surface area contributed by atoms with E-state index in [0.717, 1.165) is 25.1 Å². The first-order chi connectivity index (χ1) is 8.05. The van der Waals surface area contributed by atoms with E-state index >= 15 is 0 Å². The van der Waals surface area contributed by atoms with Crippen LogP contribution in [0.15, 0.2) is 24.4 Å². The maximum atomic E-state index is 8.90. The second-order valence-electron chi connectivity index (χ2n) is 5.03. The largest absolute Gasteiger partial charge is 0.309 e. The second-order valence-corrected chi connectivity index (χ2v) is 5.03. The lowest BCUT2D eigenvalue weighted by molar-refractivity contribution is 0.416. The highest BCUT2D eigenvalue weighted by Gasteiger charge is 2.15. The molecule has 1 N–H and O–H groups in total. The van der Waals surface area contributed by atoms with Crippen LogP contribution in [0.2, 0.25) is 0 Å². The zero-order valence-electron chi connectivity index (χ0n) is 10.9. The minimum absolute atomic E-state index is 0.212. The average molecular weight is 231 g/mol. The van der Waals surface area contributed by atoms with Crippen LogP contribution >= 0.6 is 0 Å². The highest BCUT2D eigenvalue weighted by Crippen LogP contribution is 2.20. The molecule has 1 aromatic heterocycles. The van der Waals surface area contributed by atoms with Crippen molar-refractivity contribution in [2.45, 2.75) is 39.7 Å². The van der Waals surface area contributed by atoms with Gasteiger partial charge in [0.25, 0.3) is 0 Å². The Bertz CT molecular complexity index is 365. The Kier molecular flexibility index (Phi) is 5.11. The maximum absolute atomic E-state index is 8.90. The standard InChI is InChI=1S/C14H21N3/c1-12(13-7-4-5-9-17-13)16-10-6-8-14(2,3)11-15/h4-5,7,9,12,16H,6,8,10H2,1-3H3/t12-/m1/s1. The molecular formula is C14H21N3. The van der Waals surface area contributed by atoms with Gasteiger partial charge in [-0.1, -0.05) is 6.07 Å². The first-order valence-corrected chi connectivity index (χ1v) is 6.11. The van der Waals surface area contributed by atoms with Crippen LogP contribution in [-0.2, 0) is 0 Å². The molecule has 0 spiro atoms. The highest BCUT2D eigenvalue weighted by molar-refractivity contribution is 5.07. The third-order valence-corrected chi connectivity index (χ3v) is 2.86. The first kappa shape index (κ1) is 13.7. The SMILES string of the molecule is C[C@@H](NCCCC(C)(C)C#N)c1ccccn1. The molecule has 0 amide bonds. The molecule has 0 radical (unpaired) electrons. The van der Waals surface area contributed by atoms with Crippen molar-refractivity contribution in [1.29, 1.82) is 5.26 Å². The number of hydrogen-bond acceptors (Lipinski definition) is 3. The van der Waals surface area contributed by atoms with Gasteiger partial charge in [-0.2, -0.15) is 5.26 Å². The van der Waals surface area contributed by atoms with Gasteiger partial charge >= 0.3 is 0 Å². The molecule has 0 bridgehead atoms. The van der Waals surface area contributed by atoms with Gasteiger partial charge in [-0.15, -0.1) is 0 Å². The predicted molar refractivity (Wildman–Crippen MR) is 69.3 cm³/mol. The average Bonchev–Trinajstić information content (AvgIpc) is 2.35. The topological polar surface area (TPSA) is 48.7 Å². The lowest BCUT2D eigenvalue weighted by Crippen LogP contribution is -2.22. The fourth-order valence-electron chi connectivity index (χ4n) is 1.64. The highest BCUT2D eigenvalue weighted by atomic mass is 14.9. The lowest BCUT2D eigenvalue weighted by atomic mass is 9.90. The summed E-state index contributed by atoms with van der Waals surface area (Å²) >= 11 is 0. The van der Waals surface area contributed by atoms with E-state index in [1.165, 1.54) is 0 Å². The van der Waals surface area contributed by atoms with Gasteiger partial charge in [0.1, 0.15) is 0 Å². The number of rotatable bonds is 6. The van der Waals surface area contributed by atoms with Gasteiger partial charge in [0.15, 0.2) is 0 Å². The summed E-state index contributed by atoms with van der Waals surface area (Å²) in [6, 6.07) is 8.53. The Morgan fingerprint density at radius 1 is 1.47 bits per heavy atom. The molecule has 92 valence electrons. The molecule has 1 atom stereocenters. The Hall–Kier alpha value is -1.40. The molecule has 0 saturated heterocycles. The van der Waals surface area contributed by atoms with Crippen LogP contribution in [0.5, 0.6) is 0 Å². The van der Waals surface area contributed by atoms with Gasteiger partial charge in [-0.25, -0.2) is 0 Å². The first-order valence-electron chi connectivity index (χ1n) is 6.11. The molecular weight excluding hydrogens is 210 g/mol. The van der Waals surface area contributed by atoms with E-state index in [0.29, 0.717) is 0 Å². The molecule has 0 aliphatic heterocycles. The third kappa shape index (κ3) is 4.97. The number of hydrogen-bond donors (Lipinski definition) is 1. The normalized spacial score (nSPS) is 13.1. The zero-order chi connectivity index (χ0) is 12.7. The predicted octanol–water partition coefficient (Wildman–Crippen LogP) is 3.06. The second kappa shape index (κ2) is 6.36. The van der Waals surface area contributed by atoms with Gasteiger partial charge in [0, 0.05) is 12.2 Å². The fraction of sp³-hybridized carbons (Fsp3) is 0.571. The molecule has 1 rings (SSSR count). The van der Waals surface area contributed by atoms with Crippen LogP contribution in [0, 0.1) is 16.7 Å². The molecule has 0 saturated carbocycles. The molecule has 3 heteroatoms. The van der Waals surface area contributed by atoms with E-state index in [9.17, 15) is 0 Å². The van der Waals surface area contributed by atoms with Crippen LogP contribution in [-0.4, -0.2) is 11.5 Å². The molecule has 1 aromatic rings. The Morgan fingerprint density at radius 3 is 2.82 bits per heavy atom. The summed E-state index contributed by atoms with van der Waals surface area (Å²) in [5, 5.41) is 12.3. The lowest BCUT2D eigenvalue weighted by Gasteiger charge is -2.17. The smallest absolute Gasteiger partial charge is 0.0683 e. The van der Waals surface area contributed by atoms with Crippen LogP contribution in [0.3, 0.4) is 0 Å². The molecule has 17 heavy (non-hydrogen) atoms. The van der Waals surface area contributed by atoms with Crippen molar-refractivity contribution in [2.75, 3.05) is 6.54 Å². The quantitative estimate of drug-likeness (QED) is 0.765. The van der Waals surface area contributed by atoms with E-state index in [4.69, 9.17) is 5.26 Å². The minimum Gasteiger partial charge on any atom is -0.309 e. The number of nitriles is 1. The number of pyridine rings is 1. The Balaban J connectivity index is 2.26. The minimum atomic E-state index is -0.212. The van der Waals surface area contributed by atoms with Gasteiger partial charge in [0.05, 0.1) is 17.2 Å². The molecule has 0 aliphatic carbocycles. The molecule has 3 nitrogen and oxygen atoms in total. The van der Waals surface area contributed by atoms with Crippen LogP contribution in [0.1, 0.15) is 45.3 Å². The van der Waals surface area contributed by atoms with E-state index in [1.807, 2.05) is 38.2 Å². The summed E-state index contributed by atoms with van der Waals surface area (Å²) in [6.45, 7) is 6.99. The molecule has 0 fully saturated rings. The molecule has 1 heterocycles. The van der Waals surface area contributed by atoms with Crippen molar-refractivity contribution < 1.29 is 0 Å². The Morgan fingerprint density at radius 2 is 2.24 bits per heavy atom. The van der Waals surface area contributed by atoms with Crippen molar-refractivity contribution in [3.63, 3.8) is 0 Å². The van der Waals surface area contributed by atoms with Crippen LogP contribution in [0.25, 0.3) is 0 Å². The monoisotopic (exact) mass is 231 g/mol. The zero-order valence-corrected chi connectivity index (χ0v) is 10.9. The van der Waals surface area contributed by atoms with Crippen molar-refractivity contribution in [2.24, 2.45) is 5.41 Å². The summed E-state index contributed by atoms with van der Waals surface area (Å²) in [5.41, 5.74) is 0.850. The maximum Gasteiger partial charge on any atom is 0.0683 e. The summed E-state index contributed by atoms with van der Waals surface area (Å²) in [6.07, 6.45) is 3.75. The number of nitrogens with one attached hydrogen (secondary N) is 1. The Labute approximate surface area is 104 Å². The number of nitrogens with zero attached hydrogens (tertiary/aromatic N) is 2. The van der Waals surface area contributed by atoms with Gasteiger partial charge in [-0.3, -0.25) is 4.98 Å². The fourth-order valence-corrected chi connectivity index (χ4v) is 1.64. The molecule has 0 aliphatic rings. The van der Waals surface area contributed by atoms with E-state index < -0.39 is 0 Å². The van der Waals surface area contributed by atoms with Crippen molar-refractivity contribution in [3.05, 3.63) is 30.1 Å². The van der Waals surface area contributed by atoms with Gasteiger partial charge in [0.2, 0.25) is 0 Å². The van der Waals surface area contributed by atoms with Gasteiger partial charge < -0.3 is 5.32 Å². The van der Waals surface area contributed by atoms with E-state index in [-0.39, 0.29) is 11.5 Å². The molecule has 0 aromatic carbocycles. The molecule has 0 unspecified atom stereocenters. The van der Waals surface area contributed by atoms with Gasteiger partial charge in [-0.05, 0) is 52.3 Å². The third-order valence-electron chi connectivity index (χ3n) is 2.86. The van der Waals surface area contributed by atoms with Crippen LogP contribution < -0.4 is 5.32 Å². The summed E-state index contributed by atoms with van der Waals surface area (Å²) in [5.74, 6) is 0. The van der Waals surface area contributed by atoms with Crippen molar-refractivity contribution in [3.8, 4) is 6.07 Å².